The summed E-state index contributed by atoms with van der Waals surface area (Å²) in [6.07, 6.45) is 4.31. The fraction of sp³-hybridized carbons (Fsp3) is 0.550. The van der Waals surface area contributed by atoms with Crippen molar-refractivity contribution in [3.05, 3.63) is 29.6 Å². The van der Waals surface area contributed by atoms with E-state index < -0.39 is 23.2 Å². The summed E-state index contributed by atoms with van der Waals surface area (Å²) in [5.41, 5.74) is -0.254. The predicted molar refractivity (Wildman–Crippen MR) is 104 cm³/mol. The molecular weight excluding hydrogens is 381 g/mol. The molecule has 3 heterocycles. The molecule has 1 aromatic rings. The number of amides is 3. The quantitative estimate of drug-likeness (QED) is 0.693. The Balaban J connectivity index is 1.81. The van der Waals surface area contributed by atoms with Crippen LogP contribution in [-0.2, 0) is 19.9 Å². The van der Waals surface area contributed by atoms with Crippen LogP contribution in [0.3, 0.4) is 0 Å². The van der Waals surface area contributed by atoms with Gasteiger partial charge in [0.05, 0.1) is 5.69 Å². The van der Waals surface area contributed by atoms with E-state index in [2.05, 4.69) is 5.32 Å². The fourth-order valence-electron chi connectivity index (χ4n) is 5.05. The highest BCUT2D eigenvalue weighted by molar-refractivity contribution is 7.98. The first-order valence-electron chi connectivity index (χ1n) is 9.77. The van der Waals surface area contributed by atoms with Crippen LogP contribution in [0.2, 0.25) is 0 Å². The van der Waals surface area contributed by atoms with Crippen molar-refractivity contribution in [3.8, 4) is 0 Å². The molecule has 0 bridgehead atoms. The molecule has 3 amide bonds. The Labute approximate surface area is 167 Å². The first-order chi connectivity index (χ1) is 13.5. The number of quaternary nitrogens is 1. The average Bonchev–Trinajstić information content (AvgIpc) is 3.24. The summed E-state index contributed by atoms with van der Waals surface area (Å²) >= 11 is 1.67. The van der Waals surface area contributed by atoms with Crippen LogP contribution in [-0.4, -0.2) is 47.2 Å². The lowest BCUT2D eigenvalue weighted by atomic mass is 9.76. The van der Waals surface area contributed by atoms with Gasteiger partial charge in [0.25, 0.3) is 5.91 Å². The summed E-state index contributed by atoms with van der Waals surface area (Å²) in [5, 5.41) is 4.68. The summed E-state index contributed by atoms with van der Waals surface area (Å²) in [4.78, 5) is 41.0. The maximum Gasteiger partial charge on any atom is 0.291 e. The zero-order valence-corrected chi connectivity index (χ0v) is 16.9. The highest BCUT2D eigenvalue weighted by Crippen LogP contribution is 2.49. The smallest absolute Gasteiger partial charge is 0.291 e. The second-order valence-corrected chi connectivity index (χ2v) is 8.80. The number of unbranched alkanes of at least 4 members (excludes halogenated alkanes) is 1. The monoisotopic (exact) mass is 406 g/mol. The van der Waals surface area contributed by atoms with E-state index in [1.165, 1.54) is 23.1 Å². The summed E-state index contributed by atoms with van der Waals surface area (Å²) in [6.45, 7) is 2.38. The molecule has 2 saturated heterocycles. The molecule has 0 aliphatic carbocycles. The van der Waals surface area contributed by atoms with Crippen molar-refractivity contribution in [2.24, 2.45) is 11.8 Å². The van der Waals surface area contributed by atoms with Gasteiger partial charge in [0, 0.05) is 18.5 Å². The standard InChI is InChI=1S/C20H24FN3O3S/c1-3-4-8-24-17(25)15-14(7-9-28-2)23-20(16(15)18(24)26)12-10-11(21)5-6-13(12)22-19(20)27/h5-6,10,14-16,23H,3-4,7-9H2,1-2H3,(H,22,27)/p+1/t14-,15-,16+,20-/m1/s1. The van der Waals surface area contributed by atoms with Crippen LogP contribution in [0.1, 0.15) is 31.7 Å². The Kier molecular flexibility index (Phi) is 4.95. The number of rotatable bonds is 6. The topological polar surface area (TPSA) is 83.1 Å². The number of likely N-dealkylation sites (tertiary alicyclic amines) is 1. The van der Waals surface area contributed by atoms with Crippen LogP contribution in [0, 0.1) is 17.7 Å². The second-order valence-electron chi connectivity index (χ2n) is 7.81. The van der Waals surface area contributed by atoms with Gasteiger partial charge in [-0.05, 0) is 36.6 Å². The van der Waals surface area contributed by atoms with Crippen LogP contribution < -0.4 is 10.6 Å². The molecule has 150 valence electrons. The minimum atomic E-state index is -1.26. The maximum absolute atomic E-state index is 14.1. The van der Waals surface area contributed by atoms with E-state index in [1.807, 2.05) is 18.5 Å². The van der Waals surface area contributed by atoms with Crippen molar-refractivity contribution in [1.29, 1.82) is 0 Å². The van der Waals surface area contributed by atoms with Gasteiger partial charge in [-0.25, -0.2) is 4.39 Å². The summed E-state index contributed by atoms with van der Waals surface area (Å²) in [6, 6.07) is 3.99. The Hall–Kier alpha value is -1.93. The maximum atomic E-state index is 14.1. The van der Waals surface area contributed by atoms with Crippen LogP contribution >= 0.6 is 11.8 Å². The number of nitrogens with zero attached hydrogens (tertiary/aromatic N) is 1. The number of fused-ring (bicyclic) bond motifs is 4. The number of carbonyl (C=O) groups excluding carboxylic acids is 3. The number of imide groups is 1. The van der Waals surface area contributed by atoms with Gasteiger partial charge in [-0.3, -0.25) is 19.3 Å². The molecule has 0 saturated carbocycles. The molecule has 1 spiro atoms. The third-order valence-corrected chi connectivity index (χ3v) is 6.96. The number of carbonyl (C=O) groups is 3. The van der Waals surface area contributed by atoms with Gasteiger partial charge in [-0.2, -0.15) is 11.8 Å². The number of anilines is 1. The molecule has 0 aromatic heterocycles. The molecule has 4 atom stereocenters. The molecule has 8 heteroatoms. The number of benzene rings is 1. The van der Waals surface area contributed by atoms with Crippen molar-refractivity contribution >= 4 is 35.2 Å². The van der Waals surface area contributed by atoms with E-state index in [0.717, 1.165) is 18.6 Å². The molecule has 28 heavy (non-hydrogen) atoms. The second kappa shape index (κ2) is 7.15. The third kappa shape index (κ3) is 2.61. The highest BCUT2D eigenvalue weighted by Gasteiger charge is 2.73. The minimum absolute atomic E-state index is 0.180. The van der Waals surface area contributed by atoms with Crippen LogP contribution in [0.4, 0.5) is 10.1 Å². The predicted octanol–water partition coefficient (Wildman–Crippen LogP) is 1.07. The number of nitrogens with one attached hydrogen (secondary N) is 1. The molecule has 6 nitrogen and oxygen atoms in total. The number of hydrogen-bond acceptors (Lipinski definition) is 4. The number of thioether (sulfide) groups is 1. The molecule has 0 unspecified atom stereocenters. The Bertz CT molecular complexity index is 848. The molecule has 3 N–H and O–H groups in total. The van der Waals surface area contributed by atoms with E-state index in [-0.39, 0.29) is 23.8 Å². The molecule has 1 aromatic carbocycles. The van der Waals surface area contributed by atoms with Crippen molar-refractivity contribution in [3.63, 3.8) is 0 Å². The third-order valence-electron chi connectivity index (χ3n) is 6.31. The number of hydrogen-bond donors (Lipinski definition) is 2. The molecule has 3 aliphatic heterocycles. The molecule has 3 aliphatic rings. The summed E-state index contributed by atoms with van der Waals surface area (Å²) < 4.78 is 14.1. The van der Waals surface area contributed by atoms with Crippen molar-refractivity contribution < 1.29 is 24.1 Å². The minimum Gasteiger partial charge on any atom is -0.326 e. The van der Waals surface area contributed by atoms with E-state index in [9.17, 15) is 18.8 Å². The highest BCUT2D eigenvalue weighted by atomic mass is 32.2. The van der Waals surface area contributed by atoms with Crippen LogP contribution in [0.5, 0.6) is 0 Å². The molecule has 4 rings (SSSR count). The van der Waals surface area contributed by atoms with E-state index in [0.29, 0.717) is 24.2 Å². The van der Waals surface area contributed by atoms with Gasteiger partial charge in [-0.1, -0.05) is 13.3 Å². The lowest BCUT2D eigenvalue weighted by Crippen LogP contribution is -2.99. The zero-order chi connectivity index (χ0) is 20.1. The number of halogens is 1. The lowest BCUT2D eigenvalue weighted by molar-refractivity contribution is -0.733. The summed E-state index contributed by atoms with van der Waals surface area (Å²) in [7, 11) is 0. The molecule has 0 radical (unpaired) electrons. The van der Waals surface area contributed by atoms with Crippen LogP contribution in [0.25, 0.3) is 0 Å². The van der Waals surface area contributed by atoms with Crippen molar-refractivity contribution in [2.45, 2.75) is 37.8 Å². The van der Waals surface area contributed by atoms with Gasteiger partial charge >= 0.3 is 0 Å². The van der Waals surface area contributed by atoms with Crippen LogP contribution in [0.15, 0.2) is 18.2 Å². The Morgan fingerprint density at radius 1 is 1.29 bits per heavy atom. The van der Waals surface area contributed by atoms with E-state index in [4.69, 9.17) is 0 Å². The Morgan fingerprint density at radius 3 is 2.79 bits per heavy atom. The zero-order valence-electron chi connectivity index (χ0n) is 16.0. The first kappa shape index (κ1) is 19.4. The van der Waals surface area contributed by atoms with Gasteiger partial charge < -0.3 is 10.6 Å². The first-order valence-corrected chi connectivity index (χ1v) is 11.2. The van der Waals surface area contributed by atoms with Gasteiger partial charge in [0.2, 0.25) is 17.4 Å². The molecular formula is C20H25FN3O3S+. The SMILES string of the molecule is CCCCN1C(=O)[C@H]2[C@@H](C1=O)[C@@]1([NH2+][C@@H]2CCSC)C(=O)Nc2ccc(F)cc21. The molecule has 2 fully saturated rings. The lowest BCUT2D eigenvalue weighted by Gasteiger charge is -2.26. The van der Waals surface area contributed by atoms with E-state index in [1.54, 1.807) is 11.8 Å². The summed E-state index contributed by atoms with van der Waals surface area (Å²) in [5.74, 6) is -1.75. The van der Waals surface area contributed by atoms with Crippen molar-refractivity contribution in [2.75, 3.05) is 23.9 Å². The fourth-order valence-corrected chi connectivity index (χ4v) is 5.56. The number of nitrogens with two attached hydrogens (primary N) is 1. The Morgan fingerprint density at radius 2 is 2.07 bits per heavy atom. The average molecular weight is 407 g/mol. The normalized spacial score (nSPS) is 30.9. The largest absolute Gasteiger partial charge is 0.326 e. The van der Waals surface area contributed by atoms with Gasteiger partial charge in [0.15, 0.2) is 0 Å². The van der Waals surface area contributed by atoms with Crippen molar-refractivity contribution in [1.82, 2.24) is 4.90 Å². The van der Waals surface area contributed by atoms with Gasteiger partial charge in [0.1, 0.15) is 23.7 Å². The van der Waals surface area contributed by atoms with E-state index >= 15 is 0 Å². The van der Waals surface area contributed by atoms with Gasteiger partial charge in [-0.15, -0.1) is 0 Å².